The number of rotatable bonds is 7. The Labute approximate surface area is 201 Å². The number of imidazole rings is 1. The first kappa shape index (κ1) is 22.3. The van der Waals surface area contributed by atoms with E-state index in [0.29, 0.717) is 18.3 Å². The summed E-state index contributed by atoms with van der Waals surface area (Å²) < 4.78 is 2.07. The summed E-state index contributed by atoms with van der Waals surface area (Å²) in [6.07, 6.45) is 8.16. The van der Waals surface area contributed by atoms with E-state index in [-0.39, 0.29) is 19.6 Å². The van der Waals surface area contributed by atoms with Crippen molar-refractivity contribution >= 4 is 22.9 Å². The number of nitrogens with two attached hydrogens (primary N) is 1. The van der Waals surface area contributed by atoms with Crippen LogP contribution >= 0.6 is 0 Å². The van der Waals surface area contributed by atoms with Crippen LogP contribution in [0.25, 0.3) is 22.4 Å². The number of pyridine rings is 1. The number of aromatic nitrogens is 5. The number of anilines is 2. The molecule has 1 fully saturated rings. The van der Waals surface area contributed by atoms with Gasteiger partial charge >= 0.3 is 0 Å². The second-order valence-electron chi connectivity index (χ2n) is 9.28. The molecule has 2 atom stereocenters. The molecule has 1 aliphatic carbocycles. The van der Waals surface area contributed by atoms with Gasteiger partial charge in [-0.2, -0.15) is 9.97 Å². The topological polar surface area (TPSA) is 107 Å². The van der Waals surface area contributed by atoms with Crippen LogP contribution in [0.3, 0.4) is 0 Å². The molecule has 3 heterocycles. The molecule has 8 nitrogen and oxygen atoms in total. The zero-order valence-corrected chi connectivity index (χ0v) is 19.8. The van der Waals surface area contributed by atoms with Gasteiger partial charge in [-0.15, -0.1) is 0 Å². The van der Waals surface area contributed by atoms with Crippen molar-refractivity contribution in [1.82, 2.24) is 24.5 Å². The van der Waals surface area contributed by atoms with E-state index in [9.17, 15) is 0 Å². The fourth-order valence-corrected chi connectivity index (χ4v) is 4.48. The lowest BCUT2D eigenvalue weighted by atomic mass is 9.91. The molecule has 4 aromatic rings. The summed E-state index contributed by atoms with van der Waals surface area (Å²) in [6, 6.07) is 14.9. The fraction of sp³-hybridized carbons (Fsp3) is 0.385. The van der Waals surface area contributed by atoms with Crippen LogP contribution in [-0.4, -0.2) is 36.6 Å². The van der Waals surface area contributed by atoms with E-state index in [1.165, 1.54) is 12.8 Å². The highest BCUT2D eigenvalue weighted by molar-refractivity contribution is 5.84. The minimum absolute atomic E-state index is 0. The van der Waals surface area contributed by atoms with Crippen LogP contribution in [0.2, 0.25) is 0 Å². The molecular formula is C26H34N8. The summed E-state index contributed by atoms with van der Waals surface area (Å²) >= 11 is 0. The molecule has 0 aliphatic heterocycles. The first-order chi connectivity index (χ1) is 16.6. The molecule has 0 spiro atoms. The predicted octanol–water partition coefficient (Wildman–Crippen LogP) is 5.01. The largest absolute Gasteiger partial charge is 0.364 e. The number of nitrogens with one attached hydrogen (secondary N) is 2. The molecule has 178 valence electrons. The predicted molar refractivity (Wildman–Crippen MR) is 139 cm³/mol. The number of hydrogen-bond donors (Lipinski definition) is 3. The number of benzene rings is 1. The summed E-state index contributed by atoms with van der Waals surface area (Å²) in [4.78, 5) is 18.9. The molecular weight excluding hydrogens is 424 g/mol. The Bertz CT molecular complexity index is 1240. The van der Waals surface area contributed by atoms with Gasteiger partial charge in [-0.1, -0.05) is 49.2 Å². The van der Waals surface area contributed by atoms with Crippen molar-refractivity contribution in [3.8, 4) is 11.3 Å². The third-order valence-electron chi connectivity index (χ3n) is 6.47. The van der Waals surface area contributed by atoms with Crippen LogP contribution in [0.1, 0.15) is 52.6 Å². The van der Waals surface area contributed by atoms with Gasteiger partial charge in [0.2, 0.25) is 5.95 Å². The maximum absolute atomic E-state index is 6.37. The molecule has 0 unspecified atom stereocenters. The van der Waals surface area contributed by atoms with E-state index in [1.54, 1.807) is 0 Å². The lowest BCUT2D eigenvalue weighted by molar-refractivity contribution is 0.402. The second-order valence-corrected chi connectivity index (χ2v) is 9.28. The lowest BCUT2D eigenvalue weighted by Gasteiger charge is -2.29. The van der Waals surface area contributed by atoms with E-state index < -0.39 is 0 Å². The Morgan fingerprint density at radius 3 is 2.62 bits per heavy atom. The summed E-state index contributed by atoms with van der Waals surface area (Å²) in [5.74, 6) is 1.31. The molecule has 0 amide bonds. The molecule has 3 aromatic heterocycles. The van der Waals surface area contributed by atoms with E-state index in [0.717, 1.165) is 40.8 Å². The first-order valence-corrected chi connectivity index (χ1v) is 12.1. The van der Waals surface area contributed by atoms with Crippen molar-refractivity contribution in [2.45, 2.75) is 64.2 Å². The Balaban J connectivity index is 0.00000289. The van der Waals surface area contributed by atoms with Crippen LogP contribution in [0, 0.1) is 0 Å². The molecule has 4 N–H and O–H groups in total. The van der Waals surface area contributed by atoms with Gasteiger partial charge in [-0.25, -0.2) is 4.98 Å². The monoisotopic (exact) mass is 458 g/mol. The Kier molecular flexibility index (Phi) is 6.40. The van der Waals surface area contributed by atoms with Gasteiger partial charge < -0.3 is 20.9 Å². The number of fused-ring (bicyclic) bond motifs is 1. The van der Waals surface area contributed by atoms with Gasteiger partial charge in [0.1, 0.15) is 0 Å². The minimum Gasteiger partial charge on any atom is -0.364 e. The average molecular weight is 459 g/mol. The van der Waals surface area contributed by atoms with Gasteiger partial charge in [0.15, 0.2) is 17.0 Å². The highest BCUT2D eigenvalue weighted by atomic mass is 15.2. The summed E-state index contributed by atoms with van der Waals surface area (Å²) in [7, 11) is 0. The van der Waals surface area contributed by atoms with Crippen molar-refractivity contribution < 1.29 is 1.43 Å². The van der Waals surface area contributed by atoms with Gasteiger partial charge in [0, 0.05) is 37.9 Å². The summed E-state index contributed by atoms with van der Waals surface area (Å²) in [5, 5.41) is 6.97. The van der Waals surface area contributed by atoms with Crippen LogP contribution < -0.4 is 16.4 Å². The molecule has 5 rings (SSSR count). The molecule has 34 heavy (non-hydrogen) atoms. The maximum Gasteiger partial charge on any atom is 0.227 e. The summed E-state index contributed by atoms with van der Waals surface area (Å²) in [5.41, 5.74) is 11.1. The number of nitrogens with zero attached hydrogens (tertiary/aromatic N) is 5. The Morgan fingerprint density at radius 1 is 1.06 bits per heavy atom. The van der Waals surface area contributed by atoms with Crippen LogP contribution in [-0.2, 0) is 6.54 Å². The summed E-state index contributed by atoms with van der Waals surface area (Å²) in [6.45, 7) is 4.84. The Morgan fingerprint density at radius 2 is 1.88 bits per heavy atom. The normalized spacial score (nSPS) is 18.4. The highest BCUT2D eigenvalue weighted by Crippen LogP contribution is 2.26. The van der Waals surface area contributed by atoms with Gasteiger partial charge in [-0.05, 0) is 38.3 Å². The molecule has 8 heteroatoms. The molecule has 0 saturated heterocycles. The molecule has 1 saturated carbocycles. The van der Waals surface area contributed by atoms with Gasteiger partial charge in [-0.3, -0.25) is 4.98 Å². The van der Waals surface area contributed by atoms with Crippen LogP contribution in [0.15, 0.2) is 55.0 Å². The zero-order valence-electron chi connectivity index (χ0n) is 19.8. The van der Waals surface area contributed by atoms with E-state index >= 15 is 0 Å². The average Bonchev–Trinajstić information content (AvgIpc) is 3.29. The van der Waals surface area contributed by atoms with Gasteiger partial charge in [0.25, 0.3) is 0 Å². The second kappa shape index (κ2) is 9.77. The quantitative estimate of drug-likeness (QED) is 0.357. The standard InChI is InChI=1S/C26H32N8.H2/c1-17(2)34-16-30-23-24(32-26(33-25(23)34)31-22-11-7-6-10-20(22)27)29-15-18-12-13-21(28-14-18)19-8-4-3-5-9-19;/h3-5,8-9,12-14,16-17,20,22H,6-7,10-11,15,27H2,1-2H3,(H2,29,31,32,33);1H/t20-,22+;/m0./s1. The molecule has 0 radical (unpaired) electrons. The van der Waals surface area contributed by atoms with E-state index in [1.807, 2.05) is 36.8 Å². The van der Waals surface area contributed by atoms with Crippen molar-refractivity contribution in [2.75, 3.05) is 10.6 Å². The number of hydrogen-bond acceptors (Lipinski definition) is 7. The fourth-order valence-electron chi connectivity index (χ4n) is 4.48. The Hall–Kier alpha value is -3.52. The van der Waals surface area contributed by atoms with E-state index in [2.05, 4.69) is 57.2 Å². The third kappa shape index (κ3) is 4.72. The highest BCUT2D eigenvalue weighted by Gasteiger charge is 2.23. The van der Waals surface area contributed by atoms with Crippen LogP contribution in [0.5, 0.6) is 0 Å². The molecule has 0 bridgehead atoms. The first-order valence-electron chi connectivity index (χ1n) is 12.1. The molecule has 1 aromatic carbocycles. The van der Waals surface area contributed by atoms with Gasteiger partial charge in [0.05, 0.1) is 12.0 Å². The van der Waals surface area contributed by atoms with E-state index in [4.69, 9.17) is 15.7 Å². The van der Waals surface area contributed by atoms with Crippen molar-refractivity contribution in [2.24, 2.45) is 5.73 Å². The van der Waals surface area contributed by atoms with Crippen molar-refractivity contribution in [3.63, 3.8) is 0 Å². The third-order valence-corrected chi connectivity index (χ3v) is 6.47. The minimum atomic E-state index is 0. The maximum atomic E-state index is 6.37. The zero-order chi connectivity index (χ0) is 23.5. The van der Waals surface area contributed by atoms with Crippen molar-refractivity contribution in [3.05, 3.63) is 60.6 Å². The van der Waals surface area contributed by atoms with Crippen LogP contribution in [0.4, 0.5) is 11.8 Å². The molecule has 1 aliphatic rings. The smallest absolute Gasteiger partial charge is 0.227 e. The lowest BCUT2D eigenvalue weighted by Crippen LogP contribution is -2.43. The SMILES string of the molecule is CC(C)n1cnc2c(NCc3ccc(-c4ccccc4)nc3)nc(N[C@@H]3CCCC[C@@H]3N)nc21.[HH]. The van der Waals surface area contributed by atoms with Crippen molar-refractivity contribution in [1.29, 1.82) is 0 Å².